The molecule has 0 radical (unpaired) electrons. The molecule has 0 aliphatic carbocycles. The molecule has 0 spiro atoms. The Morgan fingerprint density at radius 1 is 1.67 bits per heavy atom. The molecule has 0 rings (SSSR count). The van der Waals surface area contributed by atoms with Gasteiger partial charge in [0.15, 0.2) is 0 Å². The van der Waals surface area contributed by atoms with E-state index in [9.17, 15) is 0 Å². The zero-order valence-electron chi connectivity index (χ0n) is 5.33. The second-order valence-electron chi connectivity index (χ2n) is 1.93. The molecule has 0 saturated carbocycles. The molecule has 4 heteroatoms. The van der Waals surface area contributed by atoms with Crippen molar-refractivity contribution < 1.29 is 10.2 Å². The van der Waals surface area contributed by atoms with E-state index in [-0.39, 0.29) is 12.3 Å². The van der Waals surface area contributed by atoms with Crippen LogP contribution in [0.25, 0.3) is 0 Å². The third-order valence-electron chi connectivity index (χ3n) is 1.05. The summed E-state index contributed by atoms with van der Waals surface area (Å²) in [5, 5.41) is 24.5. The van der Waals surface area contributed by atoms with Gasteiger partial charge in [0.05, 0.1) is 6.10 Å². The topological polar surface area (TPSA) is 90.3 Å². The first-order chi connectivity index (χ1) is 4.09. The number of nitrogens with one attached hydrogen (secondary N) is 1. The average Bonchev–Trinajstić information content (AvgIpc) is 1.84. The Hall–Kier alpha value is -0.450. The number of rotatable bonds is 3. The van der Waals surface area contributed by atoms with Crippen molar-refractivity contribution in [3.05, 3.63) is 0 Å². The van der Waals surface area contributed by atoms with E-state index in [1.54, 1.807) is 0 Å². The van der Waals surface area contributed by atoms with Crippen LogP contribution in [0.5, 0.6) is 0 Å². The van der Waals surface area contributed by atoms with Gasteiger partial charge in [0.2, 0.25) is 0 Å². The monoisotopic (exact) mass is 132 g/mol. The van der Waals surface area contributed by atoms with E-state index in [4.69, 9.17) is 21.4 Å². The highest BCUT2D eigenvalue weighted by Crippen LogP contribution is 1.91. The minimum absolute atomic E-state index is 0.0165. The fourth-order valence-electron chi connectivity index (χ4n) is 0.417. The molecule has 0 aromatic heterocycles. The van der Waals surface area contributed by atoms with Crippen LogP contribution in [-0.2, 0) is 0 Å². The molecule has 0 aliphatic heterocycles. The van der Waals surface area contributed by atoms with Gasteiger partial charge in [-0.25, -0.2) is 0 Å². The number of hydrogen-bond acceptors (Lipinski definition) is 4. The molecule has 2 unspecified atom stereocenters. The maximum absolute atomic E-state index is 8.84. The molecule has 0 aromatic rings. The van der Waals surface area contributed by atoms with E-state index >= 15 is 0 Å². The summed E-state index contributed by atoms with van der Waals surface area (Å²) >= 11 is 0. The van der Waals surface area contributed by atoms with E-state index < -0.39 is 12.2 Å². The molecule has 0 fully saturated rings. The Bertz CT molecular complexity index is 105. The lowest BCUT2D eigenvalue weighted by Crippen LogP contribution is -2.37. The largest absolute Gasteiger partial charge is 0.389 e. The molecule has 0 heterocycles. The van der Waals surface area contributed by atoms with E-state index in [1.807, 2.05) is 0 Å². The Morgan fingerprint density at radius 2 is 2.11 bits per heavy atom. The molecule has 0 saturated heterocycles. The van der Waals surface area contributed by atoms with Gasteiger partial charge >= 0.3 is 0 Å². The molecule has 0 bridgehead atoms. The van der Waals surface area contributed by atoms with E-state index in [0.717, 1.165) is 0 Å². The summed E-state index contributed by atoms with van der Waals surface area (Å²) in [6.45, 7) is 1.40. The summed E-state index contributed by atoms with van der Waals surface area (Å²) in [4.78, 5) is 0. The molecule has 0 aromatic carbocycles. The van der Waals surface area contributed by atoms with Crippen LogP contribution >= 0.6 is 0 Å². The van der Waals surface area contributed by atoms with Crippen molar-refractivity contribution in [2.24, 2.45) is 5.73 Å². The predicted octanol–water partition coefficient (Wildman–Crippen LogP) is -1.29. The molecular weight excluding hydrogens is 120 g/mol. The molecule has 54 valence electrons. The molecule has 9 heavy (non-hydrogen) atoms. The van der Waals surface area contributed by atoms with Gasteiger partial charge in [-0.2, -0.15) is 0 Å². The van der Waals surface area contributed by atoms with Gasteiger partial charge in [-0.15, -0.1) is 0 Å². The van der Waals surface area contributed by atoms with Crippen LogP contribution in [0.1, 0.15) is 6.92 Å². The van der Waals surface area contributed by atoms with Crippen LogP contribution in [0.4, 0.5) is 0 Å². The van der Waals surface area contributed by atoms with Gasteiger partial charge in [0.1, 0.15) is 6.10 Å². The molecular formula is C5H12N2O2. The lowest BCUT2D eigenvalue weighted by atomic mass is 10.1. The fraction of sp³-hybridized carbons (Fsp3) is 0.800. The van der Waals surface area contributed by atoms with Crippen LogP contribution in [0.2, 0.25) is 0 Å². The van der Waals surface area contributed by atoms with Gasteiger partial charge in [-0.3, -0.25) is 0 Å². The summed E-state index contributed by atoms with van der Waals surface area (Å²) in [5.41, 5.74) is 5.04. The van der Waals surface area contributed by atoms with Crippen molar-refractivity contribution in [2.75, 3.05) is 6.54 Å². The summed E-state index contributed by atoms with van der Waals surface area (Å²) in [6.07, 6.45) is -2.10. The smallest absolute Gasteiger partial charge is 0.118 e. The fourth-order valence-corrected chi connectivity index (χ4v) is 0.417. The third-order valence-corrected chi connectivity index (χ3v) is 1.05. The second kappa shape index (κ2) is 3.55. The normalized spacial score (nSPS) is 16.9. The Morgan fingerprint density at radius 3 is 2.22 bits per heavy atom. The van der Waals surface area contributed by atoms with Crippen LogP contribution in [0.15, 0.2) is 0 Å². The number of hydrogen-bond donors (Lipinski definition) is 4. The van der Waals surface area contributed by atoms with E-state index in [1.165, 1.54) is 6.92 Å². The van der Waals surface area contributed by atoms with E-state index in [2.05, 4.69) is 0 Å². The summed E-state index contributed by atoms with van der Waals surface area (Å²) < 4.78 is 0. The molecule has 4 nitrogen and oxygen atoms in total. The molecule has 0 aliphatic rings. The summed E-state index contributed by atoms with van der Waals surface area (Å²) in [5.74, 6) is 0. The van der Waals surface area contributed by atoms with Crippen molar-refractivity contribution in [2.45, 2.75) is 19.1 Å². The summed E-state index contributed by atoms with van der Waals surface area (Å²) in [7, 11) is 0. The predicted molar refractivity (Wildman–Crippen MR) is 34.5 cm³/mol. The zero-order chi connectivity index (χ0) is 7.44. The highest BCUT2D eigenvalue weighted by Gasteiger charge is 2.15. The minimum atomic E-state index is -1.10. The van der Waals surface area contributed by atoms with Gasteiger partial charge in [-0.05, 0) is 6.92 Å². The minimum Gasteiger partial charge on any atom is -0.389 e. The lowest BCUT2D eigenvalue weighted by molar-refractivity contribution is 0.0658. The number of aliphatic hydroxyl groups is 2. The van der Waals surface area contributed by atoms with Crippen LogP contribution in [0, 0.1) is 5.41 Å². The molecule has 5 N–H and O–H groups in total. The maximum atomic E-state index is 8.84. The Kier molecular flexibility index (Phi) is 3.37. The Labute approximate surface area is 53.8 Å². The average molecular weight is 132 g/mol. The first-order valence-electron chi connectivity index (χ1n) is 2.70. The van der Waals surface area contributed by atoms with Crippen molar-refractivity contribution >= 4 is 5.71 Å². The standard InChI is InChI=1S/C5H12N2O2/c1-3(7)5(9)4(8)2-6/h4-5,7-9H,2,6H2,1H3. The number of aliphatic hydroxyl groups excluding tert-OH is 2. The first-order valence-corrected chi connectivity index (χ1v) is 2.70. The van der Waals surface area contributed by atoms with Crippen molar-refractivity contribution in [3.63, 3.8) is 0 Å². The van der Waals surface area contributed by atoms with Gasteiger partial charge in [0, 0.05) is 12.3 Å². The molecule has 2 atom stereocenters. The summed E-state index contributed by atoms with van der Waals surface area (Å²) in [6, 6.07) is 0. The van der Waals surface area contributed by atoms with Crippen molar-refractivity contribution in [1.82, 2.24) is 0 Å². The van der Waals surface area contributed by atoms with Crippen molar-refractivity contribution in [1.29, 1.82) is 5.41 Å². The lowest BCUT2D eigenvalue weighted by Gasteiger charge is -2.13. The van der Waals surface area contributed by atoms with Crippen LogP contribution < -0.4 is 5.73 Å². The van der Waals surface area contributed by atoms with Gasteiger partial charge in [-0.1, -0.05) is 0 Å². The quantitative estimate of drug-likeness (QED) is 0.360. The number of nitrogens with two attached hydrogens (primary N) is 1. The second-order valence-corrected chi connectivity index (χ2v) is 1.93. The zero-order valence-corrected chi connectivity index (χ0v) is 5.33. The molecule has 0 amide bonds. The highest BCUT2D eigenvalue weighted by atomic mass is 16.3. The first kappa shape index (κ1) is 8.55. The SMILES string of the molecule is CC(=N)C(O)C(O)CN. The Balaban J connectivity index is 3.72. The highest BCUT2D eigenvalue weighted by molar-refractivity contribution is 5.83. The maximum Gasteiger partial charge on any atom is 0.118 e. The van der Waals surface area contributed by atoms with Crippen LogP contribution in [-0.4, -0.2) is 34.7 Å². The van der Waals surface area contributed by atoms with E-state index in [0.29, 0.717) is 0 Å². The van der Waals surface area contributed by atoms with Crippen LogP contribution in [0.3, 0.4) is 0 Å². The van der Waals surface area contributed by atoms with Gasteiger partial charge < -0.3 is 21.4 Å². The van der Waals surface area contributed by atoms with Crippen molar-refractivity contribution in [3.8, 4) is 0 Å². The third kappa shape index (κ3) is 2.55. The van der Waals surface area contributed by atoms with Gasteiger partial charge in [0.25, 0.3) is 0 Å².